The molecule has 0 spiro atoms. The molecule has 0 atom stereocenters. The Morgan fingerprint density at radius 3 is 2.89 bits per heavy atom. The summed E-state index contributed by atoms with van der Waals surface area (Å²) in [6.07, 6.45) is 0. The number of anilines is 1. The fourth-order valence-electron chi connectivity index (χ4n) is 2.83. The van der Waals surface area contributed by atoms with Crippen LogP contribution in [-0.2, 0) is 0 Å². The normalized spacial score (nSPS) is 11.2. The summed E-state index contributed by atoms with van der Waals surface area (Å²) in [6.45, 7) is 0. The van der Waals surface area contributed by atoms with E-state index in [0.717, 1.165) is 26.9 Å². The van der Waals surface area contributed by atoms with Gasteiger partial charge in [0.1, 0.15) is 17.0 Å². The van der Waals surface area contributed by atoms with Gasteiger partial charge < -0.3 is 9.15 Å². The molecule has 0 unspecified atom stereocenters. The second kappa shape index (κ2) is 6.74. The minimum absolute atomic E-state index is 0.267. The zero-order chi connectivity index (χ0) is 19.1. The van der Waals surface area contributed by atoms with Gasteiger partial charge in [0.2, 0.25) is 0 Å². The van der Waals surface area contributed by atoms with Crippen LogP contribution >= 0.6 is 22.7 Å². The molecule has 6 nitrogen and oxygen atoms in total. The zero-order valence-electron chi connectivity index (χ0n) is 14.6. The first-order chi connectivity index (χ1) is 13.7. The van der Waals surface area contributed by atoms with Crippen LogP contribution in [0.3, 0.4) is 0 Å². The molecular weight excluding hydrogens is 394 g/mol. The smallest absolute Gasteiger partial charge is 0.286 e. The Morgan fingerprint density at radius 1 is 1.14 bits per heavy atom. The van der Waals surface area contributed by atoms with E-state index in [-0.39, 0.29) is 5.91 Å². The number of fused-ring (bicyclic) bond motifs is 2. The average Bonchev–Trinajstić information content (AvgIpc) is 3.44. The lowest BCUT2D eigenvalue weighted by Gasteiger charge is -1.97. The predicted molar refractivity (Wildman–Crippen MR) is 111 cm³/mol. The number of hydrogen-bond acceptors (Lipinski definition) is 7. The number of nitrogens with one attached hydrogen (secondary N) is 1. The number of benzene rings is 2. The topological polar surface area (TPSA) is 77.2 Å². The first-order valence-electron chi connectivity index (χ1n) is 8.40. The van der Waals surface area contributed by atoms with Crippen molar-refractivity contribution in [3.63, 3.8) is 0 Å². The number of para-hydroxylation sites is 1. The summed E-state index contributed by atoms with van der Waals surface area (Å²) in [5.74, 6) is 1.10. The third kappa shape index (κ3) is 3.02. The van der Waals surface area contributed by atoms with Crippen molar-refractivity contribution >= 4 is 54.9 Å². The summed E-state index contributed by atoms with van der Waals surface area (Å²) in [5.41, 5.74) is 2.21. The number of ether oxygens (including phenoxy) is 1. The van der Waals surface area contributed by atoms with Gasteiger partial charge in [-0.2, -0.15) is 0 Å². The number of nitrogens with zero attached hydrogens (tertiary/aromatic N) is 2. The highest BCUT2D eigenvalue weighted by molar-refractivity contribution is 7.20. The van der Waals surface area contributed by atoms with Gasteiger partial charge in [0.25, 0.3) is 5.91 Å². The number of rotatable bonds is 4. The lowest BCUT2D eigenvalue weighted by molar-refractivity contribution is 0.102. The van der Waals surface area contributed by atoms with Gasteiger partial charge in [-0.3, -0.25) is 10.1 Å². The number of thiazole rings is 2. The number of amides is 1. The molecule has 0 saturated carbocycles. The molecule has 0 aliphatic carbocycles. The van der Waals surface area contributed by atoms with Crippen molar-refractivity contribution in [2.24, 2.45) is 0 Å². The molecule has 0 aliphatic heterocycles. The Kier molecular flexibility index (Phi) is 4.07. The van der Waals surface area contributed by atoms with Crippen molar-refractivity contribution in [1.29, 1.82) is 0 Å². The third-order valence-corrected chi connectivity index (χ3v) is 5.99. The molecule has 2 aromatic carbocycles. The highest BCUT2D eigenvalue weighted by atomic mass is 32.1. The van der Waals surface area contributed by atoms with E-state index in [2.05, 4.69) is 15.3 Å². The maximum atomic E-state index is 12.5. The Morgan fingerprint density at radius 2 is 2.04 bits per heavy atom. The molecule has 5 aromatic rings. The summed E-state index contributed by atoms with van der Waals surface area (Å²) in [5, 5.41) is 6.54. The van der Waals surface area contributed by atoms with Crippen LogP contribution in [0.5, 0.6) is 5.75 Å². The Labute approximate surface area is 167 Å². The molecule has 0 aliphatic rings. The van der Waals surface area contributed by atoms with Crippen molar-refractivity contribution in [2.75, 3.05) is 12.4 Å². The lowest BCUT2D eigenvalue weighted by Crippen LogP contribution is -2.11. The van der Waals surface area contributed by atoms with Crippen LogP contribution in [0.4, 0.5) is 5.13 Å². The molecule has 3 aromatic heterocycles. The molecule has 138 valence electrons. The molecule has 0 bridgehead atoms. The maximum absolute atomic E-state index is 12.5. The molecule has 8 heteroatoms. The van der Waals surface area contributed by atoms with Crippen LogP contribution in [-0.4, -0.2) is 23.0 Å². The molecule has 5 rings (SSSR count). The highest BCUT2D eigenvalue weighted by Crippen LogP contribution is 2.32. The molecule has 0 saturated heterocycles. The van der Waals surface area contributed by atoms with Crippen LogP contribution in [0.15, 0.2) is 58.3 Å². The quantitative estimate of drug-likeness (QED) is 0.430. The molecule has 3 heterocycles. The second-order valence-electron chi connectivity index (χ2n) is 5.99. The van der Waals surface area contributed by atoms with Gasteiger partial charge in [-0.15, -0.1) is 22.7 Å². The Hall–Kier alpha value is -3.23. The SMILES string of the molecule is COc1ccc2cc(-c3csc(NC(=O)c4nc5ccccc5s4)n3)oc2c1. The number of carbonyl (C=O) groups is 1. The van der Waals surface area contributed by atoms with Crippen LogP contribution in [0.2, 0.25) is 0 Å². The summed E-state index contributed by atoms with van der Waals surface area (Å²) in [6, 6.07) is 15.2. The molecule has 1 N–H and O–H groups in total. The van der Waals surface area contributed by atoms with Gasteiger partial charge in [-0.1, -0.05) is 12.1 Å². The van der Waals surface area contributed by atoms with Crippen molar-refractivity contribution < 1.29 is 13.9 Å². The van der Waals surface area contributed by atoms with Crippen LogP contribution < -0.4 is 10.1 Å². The van der Waals surface area contributed by atoms with Crippen LogP contribution in [0.25, 0.3) is 32.6 Å². The molecule has 28 heavy (non-hydrogen) atoms. The first-order valence-corrected chi connectivity index (χ1v) is 10.1. The number of furan rings is 1. The Bertz CT molecular complexity index is 1290. The molecule has 1 amide bonds. The molecule has 0 fully saturated rings. The minimum Gasteiger partial charge on any atom is -0.497 e. The van der Waals surface area contributed by atoms with E-state index in [4.69, 9.17) is 9.15 Å². The van der Waals surface area contributed by atoms with E-state index >= 15 is 0 Å². The van der Waals surface area contributed by atoms with E-state index in [1.807, 2.05) is 53.9 Å². The van der Waals surface area contributed by atoms with E-state index in [1.165, 1.54) is 22.7 Å². The van der Waals surface area contributed by atoms with Gasteiger partial charge >= 0.3 is 0 Å². The van der Waals surface area contributed by atoms with Gasteiger partial charge in [0, 0.05) is 16.8 Å². The second-order valence-corrected chi connectivity index (χ2v) is 7.88. The maximum Gasteiger partial charge on any atom is 0.286 e. The van der Waals surface area contributed by atoms with Crippen molar-refractivity contribution in [1.82, 2.24) is 9.97 Å². The van der Waals surface area contributed by atoms with Crippen LogP contribution in [0.1, 0.15) is 9.80 Å². The van der Waals surface area contributed by atoms with E-state index in [0.29, 0.717) is 21.6 Å². The van der Waals surface area contributed by atoms with Gasteiger partial charge in [0.15, 0.2) is 15.9 Å². The van der Waals surface area contributed by atoms with Crippen LogP contribution in [0, 0.1) is 0 Å². The number of hydrogen-bond donors (Lipinski definition) is 1. The molecule has 0 radical (unpaired) electrons. The number of methoxy groups -OCH3 is 1. The van der Waals surface area contributed by atoms with Gasteiger partial charge in [0.05, 0.1) is 17.3 Å². The summed E-state index contributed by atoms with van der Waals surface area (Å²) in [7, 11) is 1.62. The third-order valence-electron chi connectivity index (χ3n) is 4.19. The van der Waals surface area contributed by atoms with E-state index < -0.39 is 0 Å². The fraction of sp³-hybridized carbons (Fsp3) is 0.0500. The Balaban J connectivity index is 1.39. The monoisotopic (exact) mass is 407 g/mol. The van der Waals surface area contributed by atoms with Crippen molar-refractivity contribution in [2.45, 2.75) is 0 Å². The summed E-state index contributed by atoms with van der Waals surface area (Å²) >= 11 is 2.70. The zero-order valence-corrected chi connectivity index (χ0v) is 16.3. The first kappa shape index (κ1) is 16.9. The van der Waals surface area contributed by atoms with Crippen molar-refractivity contribution in [3.8, 4) is 17.2 Å². The standard InChI is InChI=1S/C20H13N3O3S2/c1-25-12-7-6-11-8-16(26-15(11)9-12)14-10-27-20(22-14)23-18(24)19-21-13-4-2-3-5-17(13)28-19/h2-10H,1H3,(H,22,23,24). The summed E-state index contributed by atoms with van der Waals surface area (Å²) in [4.78, 5) is 21.4. The average molecular weight is 407 g/mol. The van der Waals surface area contributed by atoms with Crippen molar-refractivity contribution in [3.05, 3.63) is 58.9 Å². The summed E-state index contributed by atoms with van der Waals surface area (Å²) < 4.78 is 12.1. The molecular formula is C20H13N3O3S2. The highest BCUT2D eigenvalue weighted by Gasteiger charge is 2.16. The van der Waals surface area contributed by atoms with Gasteiger partial charge in [-0.05, 0) is 30.3 Å². The predicted octanol–water partition coefficient (Wildman–Crippen LogP) is 5.43. The lowest BCUT2D eigenvalue weighted by atomic mass is 10.2. The van der Waals surface area contributed by atoms with E-state index in [1.54, 1.807) is 7.11 Å². The number of aromatic nitrogens is 2. The number of carbonyl (C=O) groups excluding carboxylic acids is 1. The van der Waals surface area contributed by atoms with Gasteiger partial charge in [-0.25, -0.2) is 9.97 Å². The minimum atomic E-state index is -0.267. The largest absolute Gasteiger partial charge is 0.497 e. The van der Waals surface area contributed by atoms with E-state index in [9.17, 15) is 4.79 Å². The fourth-order valence-corrected chi connectivity index (χ4v) is 4.38.